The van der Waals surface area contributed by atoms with Crippen LogP contribution in [0, 0.1) is 0 Å². The summed E-state index contributed by atoms with van der Waals surface area (Å²) < 4.78 is 0. The van der Waals surface area contributed by atoms with Crippen LogP contribution in [0.3, 0.4) is 0 Å². The quantitative estimate of drug-likeness (QED) is 0.0420. The first-order valence-electron chi connectivity index (χ1n) is 33.6. The van der Waals surface area contributed by atoms with Gasteiger partial charge in [-0.2, -0.15) is 0 Å². The third-order valence-corrected chi connectivity index (χ3v) is 15.9. The van der Waals surface area contributed by atoms with Gasteiger partial charge in [-0.15, -0.1) is 0 Å². The average molecular weight is 1010 g/mol. The van der Waals surface area contributed by atoms with Crippen molar-refractivity contribution in [1.29, 1.82) is 0 Å². The van der Waals surface area contributed by atoms with Crippen LogP contribution in [-0.4, -0.2) is 34.9 Å². The lowest BCUT2D eigenvalue weighted by atomic mass is 10.0. The minimum atomic E-state index is -0.837. The molecule has 0 aromatic rings. The number of aliphatic hydroxyl groups is 2. The van der Waals surface area contributed by atoms with Gasteiger partial charge in [-0.3, -0.25) is 4.79 Å². The average Bonchev–Trinajstić information content (AvgIpc) is 3.39. The van der Waals surface area contributed by atoms with Crippen LogP contribution in [0.15, 0.2) is 24.3 Å². The lowest BCUT2D eigenvalue weighted by Crippen LogP contribution is -2.45. The van der Waals surface area contributed by atoms with Crippen LogP contribution < -0.4 is 5.32 Å². The van der Waals surface area contributed by atoms with Gasteiger partial charge in [-0.25, -0.2) is 0 Å². The van der Waals surface area contributed by atoms with Crippen molar-refractivity contribution in [3.63, 3.8) is 0 Å². The molecule has 0 rings (SSSR count). The number of rotatable bonds is 63. The first kappa shape index (κ1) is 70.9. The summed E-state index contributed by atoms with van der Waals surface area (Å²) in [5.41, 5.74) is 0. The Balaban J connectivity index is 3.38. The molecule has 4 nitrogen and oxygen atoms in total. The van der Waals surface area contributed by atoms with Gasteiger partial charge < -0.3 is 15.5 Å². The fourth-order valence-electron chi connectivity index (χ4n) is 10.8. The van der Waals surface area contributed by atoms with Crippen LogP contribution in [0.1, 0.15) is 386 Å². The van der Waals surface area contributed by atoms with Crippen molar-refractivity contribution in [1.82, 2.24) is 5.32 Å². The standard InChI is InChI=1S/C68H133NO3/c1-3-5-7-9-11-13-15-17-19-21-23-25-26-27-28-29-30-31-32-33-34-35-36-37-38-39-40-41-42-44-46-48-50-52-54-56-58-60-62-64-68(72)69-66(65-70)67(71)63-61-59-57-55-53-51-49-47-45-43-24-22-20-18-16-14-12-10-8-6-4-2/h21,23,61,63,66-67,70-71H,3-20,22,24-60,62,64-65H2,1-2H3,(H,69,72)/b23-21-,63-61+. The van der Waals surface area contributed by atoms with Crippen LogP contribution in [0.2, 0.25) is 0 Å². The zero-order valence-corrected chi connectivity index (χ0v) is 49.5. The van der Waals surface area contributed by atoms with Crippen LogP contribution in [0.25, 0.3) is 0 Å². The molecule has 4 heteroatoms. The Labute approximate surface area is 453 Å². The molecule has 0 spiro atoms. The number of unbranched alkanes of at least 4 members (excludes halogenated alkanes) is 54. The zero-order chi connectivity index (χ0) is 52.0. The molecule has 428 valence electrons. The van der Waals surface area contributed by atoms with Crippen LogP contribution >= 0.6 is 0 Å². The number of aliphatic hydroxyl groups excluding tert-OH is 2. The lowest BCUT2D eigenvalue weighted by Gasteiger charge is -2.20. The Hall–Kier alpha value is -1.13. The molecule has 0 radical (unpaired) electrons. The molecule has 1 amide bonds. The maximum atomic E-state index is 12.5. The molecule has 0 heterocycles. The van der Waals surface area contributed by atoms with E-state index in [0.29, 0.717) is 6.42 Å². The highest BCUT2D eigenvalue weighted by atomic mass is 16.3. The fourth-order valence-corrected chi connectivity index (χ4v) is 10.8. The highest BCUT2D eigenvalue weighted by Crippen LogP contribution is 2.19. The van der Waals surface area contributed by atoms with E-state index in [-0.39, 0.29) is 12.5 Å². The number of carbonyl (C=O) groups is 1. The monoisotopic (exact) mass is 1010 g/mol. The number of amides is 1. The SMILES string of the molecule is CCCCCCCCCC/C=C\CCCCCCCCCCCCCCCCCCCCCCCCCCCCCC(=O)NC(CO)C(O)/C=C/CCCCCCCCCCCCCCCCCCCCC. The summed E-state index contributed by atoms with van der Waals surface area (Å²) in [7, 11) is 0. The van der Waals surface area contributed by atoms with Crippen molar-refractivity contribution in [3.05, 3.63) is 24.3 Å². The summed E-state index contributed by atoms with van der Waals surface area (Å²) in [5.74, 6) is -0.0549. The minimum absolute atomic E-state index is 0.0549. The molecule has 0 aromatic carbocycles. The number of carbonyl (C=O) groups excluding carboxylic acids is 1. The van der Waals surface area contributed by atoms with Crippen molar-refractivity contribution in [2.45, 2.75) is 398 Å². The molecule has 2 unspecified atom stereocenters. The third-order valence-electron chi connectivity index (χ3n) is 15.9. The molecule has 2 atom stereocenters. The highest BCUT2D eigenvalue weighted by Gasteiger charge is 2.18. The van der Waals surface area contributed by atoms with Gasteiger partial charge in [0.25, 0.3) is 0 Å². The van der Waals surface area contributed by atoms with Crippen LogP contribution in [-0.2, 0) is 4.79 Å². The molecule has 0 saturated carbocycles. The summed E-state index contributed by atoms with van der Waals surface area (Å²) in [4.78, 5) is 12.5. The van der Waals surface area contributed by atoms with Crippen molar-refractivity contribution in [2.75, 3.05) is 6.61 Å². The number of nitrogens with one attached hydrogen (secondary N) is 1. The van der Waals surface area contributed by atoms with Gasteiger partial charge in [-0.05, 0) is 44.9 Å². The molecule has 3 N–H and O–H groups in total. The lowest BCUT2D eigenvalue weighted by molar-refractivity contribution is -0.123. The summed E-state index contributed by atoms with van der Waals surface area (Å²) in [6, 6.07) is -0.620. The normalized spacial score (nSPS) is 12.8. The summed E-state index contributed by atoms with van der Waals surface area (Å²) in [6.45, 7) is 4.35. The van der Waals surface area contributed by atoms with Gasteiger partial charge in [0.2, 0.25) is 5.91 Å². The third kappa shape index (κ3) is 59.7. The molecule has 72 heavy (non-hydrogen) atoms. The van der Waals surface area contributed by atoms with Crippen molar-refractivity contribution < 1.29 is 15.0 Å². The molecule has 0 aliphatic carbocycles. The van der Waals surface area contributed by atoms with Gasteiger partial charge in [0.15, 0.2) is 0 Å². The Morgan fingerprint density at radius 3 is 0.764 bits per heavy atom. The largest absolute Gasteiger partial charge is 0.394 e. The second-order valence-corrected chi connectivity index (χ2v) is 23.2. The van der Waals surface area contributed by atoms with Gasteiger partial charge in [0, 0.05) is 6.42 Å². The van der Waals surface area contributed by atoms with E-state index in [2.05, 4.69) is 31.3 Å². The van der Waals surface area contributed by atoms with Gasteiger partial charge in [0.05, 0.1) is 18.8 Å². The Morgan fingerprint density at radius 2 is 0.528 bits per heavy atom. The van der Waals surface area contributed by atoms with E-state index in [0.717, 1.165) is 25.7 Å². The Morgan fingerprint density at radius 1 is 0.319 bits per heavy atom. The highest BCUT2D eigenvalue weighted by molar-refractivity contribution is 5.76. The van der Waals surface area contributed by atoms with Crippen molar-refractivity contribution in [3.8, 4) is 0 Å². The predicted molar refractivity (Wildman–Crippen MR) is 322 cm³/mol. The van der Waals surface area contributed by atoms with Crippen molar-refractivity contribution in [2.24, 2.45) is 0 Å². The number of hydrogen-bond acceptors (Lipinski definition) is 3. The number of hydrogen-bond donors (Lipinski definition) is 3. The van der Waals surface area contributed by atoms with E-state index >= 15 is 0 Å². The van der Waals surface area contributed by atoms with Crippen LogP contribution in [0.5, 0.6) is 0 Å². The summed E-state index contributed by atoms with van der Waals surface area (Å²) in [5, 5.41) is 23.2. The van der Waals surface area contributed by atoms with E-state index in [9.17, 15) is 15.0 Å². The Kier molecular flexibility index (Phi) is 63.2. The predicted octanol–water partition coefficient (Wildman–Crippen LogP) is 22.6. The van der Waals surface area contributed by atoms with Gasteiger partial charge in [-0.1, -0.05) is 359 Å². The Bertz CT molecular complexity index is 1060. The van der Waals surface area contributed by atoms with Gasteiger partial charge in [0.1, 0.15) is 0 Å². The molecule has 0 aliphatic rings. The summed E-state index contributed by atoms with van der Waals surface area (Å²) >= 11 is 0. The molecule has 0 fully saturated rings. The van der Waals surface area contributed by atoms with Gasteiger partial charge >= 0.3 is 0 Å². The zero-order valence-electron chi connectivity index (χ0n) is 49.5. The molecular formula is C68H133NO3. The van der Waals surface area contributed by atoms with E-state index in [1.165, 1.54) is 340 Å². The maximum absolute atomic E-state index is 12.5. The molecule has 0 aromatic heterocycles. The summed E-state index contributed by atoms with van der Waals surface area (Å²) in [6.07, 6.45) is 86.9. The first-order valence-corrected chi connectivity index (χ1v) is 33.6. The smallest absolute Gasteiger partial charge is 0.220 e. The fraction of sp³-hybridized carbons (Fsp3) is 0.926. The molecule has 0 bridgehead atoms. The van der Waals surface area contributed by atoms with E-state index < -0.39 is 12.1 Å². The van der Waals surface area contributed by atoms with E-state index in [1.54, 1.807) is 6.08 Å². The minimum Gasteiger partial charge on any atom is -0.394 e. The molecule has 0 saturated heterocycles. The number of allylic oxidation sites excluding steroid dienone is 3. The topological polar surface area (TPSA) is 69.6 Å². The maximum Gasteiger partial charge on any atom is 0.220 e. The van der Waals surface area contributed by atoms with Crippen molar-refractivity contribution >= 4 is 5.91 Å². The van der Waals surface area contributed by atoms with Crippen LogP contribution in [0.4, 0.5) is 0 Å². The van der Waals surface area contributed by atoms with E-state index in [4.69, 9.17) is 0 Å². The second kappa shape index (κ2) is 64.2. The first-order chi connectivity index (χ1) is 35.7. The second-order valence-electron chi connectivity index (χ2n) is 23.2. The van der Waals surface area contributed by atoms with E-state index in [1.807, 2.05) is 6.08 Å². The molecule has 0 aliphatic heterocycles. The molecular weight excluding hydrogens is 879 g/mol.